The van der Waals surface area contributed by atoms with Crippen molar-refractivity contribution < 1.29 is 9.53 Å². The highest BCUT2D eigenvalue weighted by Gasteiger charge is 2.51. The van der Waals surface area contributed by atoms with Crippen LogP contribution < -0.4 is 0 Å². The minimum atomic E-state index is -0.364. The van der Waals surface area contributed by atoms with Gasteiger partial charge in [-0.25, -0.2) is 0 Å². The van der Waals surface area contributed by atoms with Crippen LogP contribution in [-0.4, -0.2) is 23.1 Å². The molecule has 0 bridgehead atoms. The molecule has 3 nitrogen and oxygen atoms in total. The molecule has 2 fully saturated rings. The normalized spacial score (nSPS) is 33.2. The van der Waals surface area contributed by atoms with E-state index in [1.165, 1.54) is 5.56 Å². The van der Waals surface area contributed by atoms with Gasteiger partial charge in [-0.15, -0.1) is 0 Å². The molecule has 0 saturated carbocycles. The fraction of sp³-hybridized carbons (Fsp3) is 0.462. The molecule has 84 valence electrons. The van der Waals surface area contributed by atoms with E-state index in [0.717, 1.165) is 6.42 Å². The lowest BCUT2D eigenvalue weighted by atomic mass is 10.1. The predicted molar refractivity (Wildman–Crippen MR) is 59.6 cm³/mol. The molecule has 0 aliphatic carbocycles. The van der Waals surface area contributed by atoms with Gasteiger partial charge in [0.25, 0.3) is 0 Å². The summed E-state index contributed by atoms with van der Waals surface area (Å²) in [6.07, 6.45) is 1.43. The molecule has 0 spiro atoms. The van der Waals surface area contributed by atoms with Crippen molar-refractivity contribution in [2.45, 2.75) is 31.5 Å². The molecular formula is C13H15NO2. The summed E-state index contributed by atoms with van der Waals surface area (Å²) in [5.41, 5.74) is 0.805. The summed E-state index contributed by atoms with van der Waals surface area (Å²) >= 11 is 0. The molecule has 2 saturated heterocycles. The topological polar surface area (TPSA) is 29.5 Å². The Bertz CT molecular complexity index is 417. The molecule has 2 atom stereocenters. The zero-order valence-electron chi connectivity index (χ0n) is 9.35. The fourth-order valence-corrected chi connectivity index (χ4v) is 2.74. The van der Waals surface area contributed by atoms with Crippen molar-refractivity contribution in [1.82, 2.24) is 4.90 Å². The maximum absolute atomic E-state index is 11.9. The van der Waals surface area contributed by atoms with E-state index in [-0.39, 0.29) is 17.7 Å². The standard InChI is InChI=1S/C13H15NO2/c1-13-8-7-12(15)14(13)11(9-16-13)10-5-3-2-4-6-10/h2-6,11H,7-9H2,1H3/t11?,13-/m1/s1. The van der Waals surface area contributed by atoms with Gasteiger partial charge in [-0.3, -0.25) is 4.79 Å². The van der Waals surface area contributed by atoms with Crippen molar-refractivity contribution in [3.63, 3.8) is 0 Å². The minimum Gasteiger partial charge on any atom is -0.353 e. The number of hydrogen-bond acceptors (Lipinski definition) is 2. The average Bonchev–Trinajstić information content (AvgIpc) is 2.78. The van der Waals surface area contributed by atoms with Crippen LogP contribution in [0.5, 0.6) is 0 Å². The first-order valence-corrected chi connectivity index (χ1v) is 5.72. The van der Waals surface area contributed by atoms with Gasteiger partial charge >= 0.3 is 0 Å². The molecule has 3 heteroatoms. The Morgan fingerprint density at radius 1 is 1.38 bits per heavy atom. The highest BCUT2D eigenvalue weighted by atomic mass is 16.5. The average molecular weight is 217 g/mol. The Balaban J connectivity index is 1.97. The van der Waals surface area contributed by atoms with Crippen LogP contribution in [0.1, 0.15) is 31.4 Å². The van der Waals surface area contributed by atoms with E-state index >= 15 is 0 Å². The molecule has 3 rings (SSSR count). The van der Waals surface area contributed by atoms with Crippen LogP contribution in [0.2, 0.25) is 0 Å². The van der Waals surface area contributed by atoms with Crippen molar-refractivity contribution in [3.05, 3.63) is 35.9 Å². The molecule has 1 amide bonds. The third-order valence-electron chi connectivity index (χ3n) is 3.63. The molecule has 0 radical (unpaired) electrons. The number of benzene rings is 1. The first-order valence-electron chi connectivity index (χ1n) is 5.72. The van der Waals surface area contributed by atoms with Gasteiger partial charge in [0.2, 0.25) is 5.91 Å². The van der Waals surface area contributed by atoms with Gasteiger partial charge in [-0.2, -0.15) is 0 Å². The van der Waals surface area contributed by atoms with E-state index in [9.17, 15) is 4.79 Å². The van der Waals surface area contributed by atoms with Crippen LogP contribution >= 0.6 is 0 Å². The van der Waals surface area contributed by atoms with Gasteiger partial charge in [0.1, 0.15) is 5.72 Å². The zero-order valence-corrected chi connectivity index (χ0v) is 9.35. The summed E-state index contributed by atoms with van der Waals surface area (Å²) in [5, 5.41) is 0. The molecule has 1 aromatic rings. The molecule has 2 heterocycles. The van der Waals surface area contributed by atoms with Crippen LogP contribution in [0.25, 0.3) is 0 Å². The maximum atomic E-state index is 11.9. The molecule has 0 N–H and O–H groups in total. The van der Waals surface area contributed by atoms with Crippen molar-refractivity contribution in [3.8, 4) is 0 Å². The number of rotatable bonds is 1. The third-order valence-corrected chi connectivity index (χ3v) is 3.63. The summed E-state index contributed by atoms with van der Waals surface area (Å²) in [5.74, 6) is 0.217. The molecule has 0 aromatic heterocycles. The highest BCUT2D eigenvalue weighted by molar-refractivity contribution is 5.80. The van der Waals surface area contributed by atoms with Crippen LogP contribution in [0.15, 0.2) is 30.3 Å². The number of carbonyl (C=O) groups excluding carboxylic acids is 1. The van der Waals surface area contributed by atoms with Crippen LogP contribution in [0.3, 0.4) is 0 Å². The largest absolute Gasteiger partial charge is 0.353 e. The number of amides is 1. The number of carbonyl (C=O) groups is 1. The minimum absolute atomic E-state index is 0.0983. The molecule has 1 unspecified atom stereocenters. The van der Waals surface area contributed by atoms with E-state index in [2.05, 4.69) is 12.1 Å². The Morgan fingerprint density at radius 3 is 2.88 bits per heavy atom. The summed E-state index contributed by atoms with van der Waals surface area (Å²) in [4.78, 5) is 13.8. The second kappa shape index (κ2) is 3.32. The summed E-state index contributed by atoms with van der Waals surface area (Å²) in [6.45, 7) is 2.63. The Morgan fingerprint density at radius 2 is 2.12 bits per heavy atom. The molecular weight excluding hydrogens is 202 g/mol. The Kier molecular flexibility index (Phi) is 2.04. The Labute approximate surface area is 95.0 Å². The van der Waals surface area contributed by atoms with E-state index in [4.69, 9.17) is 4.74 Å². The predicted octanol–water partition coefficient (Wildman–Crippen LogP) is 2.10. The lowest BCUT2D eigenvalue weighted by molar-refractivity contribution is -0.136. The molecule has 16 heavy (non-hydrogen) atoms. The second-order valence-electron chi connectivity index (χ2n) is 4.68. The van der Waals surface area contributed by atoms with Gasteiger partial charge in [-0.1, -0.05) is 30.3 Å². The molecule has 2 aliphatic heterocycles. The zero-order chi connectivity index (χ0) is 11.2. The van der Waals surface area contributed by atoms with E-state index in [1.807, 2.05) is 30.0 Å². The lowest BCUT2D eigenvalue weighted by Gasteiger charge is -2.29. The van der Waals surface area contributed by atoms with Gasteiger partial charge in [-0.05, 0) is 12.5 Å². The van der Waals surface area contributed by atoms with Gasteiger partial charge in [0, 0.05) is 12.8 Å². The number of fused-ring (bicyclic) bond motifs is 1. The molecule has 2 aliphatic rings. The van der Waals surface area contributed by atoms with E-state index in [0.29, 0.717) is 13.0 Å². The Hall–Kier alpha value is -1.35. The van der Waals surface area contributed by atoms with Crippen molar-refractivity contribution in [2.24, 2.45) is 0 Å². The number of nitrogens with zero attached hydrogens (tertiary/aromatic N) is 1. The third kappa shape index (κ3) is 1.28. The SMILES string of the molecule is C[C@@]12CCC(=O)N1C(c1ccccc1)CO2. The van der Waals surface area contributed by atoms with Crippen LogP contribution in [0, 0.1) is 0 Å². The van der Waals surface area contributed by atoms with E-state index < -0.39 is 0 Å². The lowest BCUT2D eigenvalue weighted by Crippen LogP contribution is -2.39. The second-order valence-corrected chi connectivity index (χ2v) is 4.68. The monoisotopic (exact) mass is 217 g/mol. The van der Waals surface area contributed by atoms with Gasteiger partial charge in [0.15, 0.2) is 0 Å². The number of hydrogen-bond donors (Lipinski definition) is 0. The van der Waals surface area contributed by atoms with Crippen LogP contribution in [0.4, 0.5) is 0 Å². The van der Waals surface area contributed by atoms with Crippen LogP contribution in [-0.2, 0) is 9.53 Å². The quantitative estimate of drug-likeness (QED) is 0.721. The fourth-order valence-electron chi connectivity index (χ4n) is 2.74. The molecule has 1 aromatic carbocycles. The van der Waals surface area contributed by atoms with Gasteiger partial charge in [0.05, 0.1) is 12.6 Å². The van der Waals surface area contributed by atoms with Crippen molar-refractivity contribution >= 4 is 5.91 Å². The van der Waals surface area contributed by atoms with E-state index in [1.54, 1.807) is 0 Å². The summed E-state index contributed by atoms with van der Waals surface area (Å²) in [6, 6.07) is 10.2. The number of ether oxygens (including phenoxy) is 1. The first kappa shape index (κ1) is 9.85. The van der Waals surface area contributed by atoms with Gasteiger partial charge < -0.3 is 9.64 Å². The van der Waals surface area contributed by atoms with Crippen molar-refractivity contribution in [2.75, 3.05) is 6.61 Å². The highest BCUT2D eigenvalue weighted by Crippen LogP contribution is 2.44. The maximum Gasteiger partial charge on any atom is 0.225 e. The summed E-state index contributed by atoms with van der Waals surface area (Å²) < 4.78 is 5.81. The first-order chi connectivity index (χ1) is 7.71. The summed E-state index contributed by atoms with van der Waals surface area (Å²) in [7, 11) is 0. The smallest absolute Gasteiger partial charge is 0.225 e. The van der Waals surface area contributed by atoms with Crippen molar-refractivity contribution in [1.29, 1.82) is 0 Å².